The van der Waals surface area contributed by atoms with Gasteiger partial charge >= 0.3 is 0 Å². The van der Waals surface area contributed by atoms with Crippen LogP contribution < -0.4 is 5.32 Å². The Kier molecular flexibility index (Phi) is 8.23. The molecule has 0 atom stereocenters. The Hall–Kier alpha value is -2.71. The highest BCUT2D eigenvalue weighted by atomic mass is 32.2. The summed E-state index contributed by atoms with van der Waals surface area (Å²) in [6.07, 6.45) is 5.96. The summed E-state index contributed by atoms with van der Waals surface area (Å²) < 4.78 is 27.0. The van der Waals surface area contributed by atoms with Crippen LogP contribution in [0, 0.1) is 0 Å². The van der Waals surface area contributed by atoms with Crippen LogP contribution in [-0.2, 0) is 25.0 Å². The zero-order valence-corrected chi connectivity index (χ0v) is 21.0. The highest BCUT2D eigenvalue weighted by Gasteiger charge is 2.34. The summed E-state index contributed by atoms with van der Waals surface area (Å²) in [5.41, 5.74) is 1.25. The largest absolute Gasteiger partial charge is 0.355 e. The minimum Gasteiger partial charge on any atom is -0.355 e. The van der Waals surface area contributed by atoms with Gasteiger partial charge in [0, 0.05) is 51.0 Å². The Morgan fingerprint density at radius 1 is 0.800 bits per heavy atom. The number of hydrogen-bond acceptors (Lipinski definition) is 4. The first-order chi connectivity index (χ1) is 16.9. The average molecular weight is 498 g/mol. The summed E-state index contributed by atoms with van der Waals surface area (Å²) >= 11 is 0. The lowest BCUT2D eigenvalue weighted by atomic mass is 9.69. The topological polar surface area (TPSA) is 86.8 Å². The molecule has 188 valence electrons. The van der Waals surface area contributed by atoms with Crippen LogP contribution in [0.15, 0.2) is 65.6 Å². The fourth-order valence-corrected chi connectivity index (χ4v) is 6.69. The lowest BCUT2D eigenvalue weighted by molar-refractivity contribution is -0.134. The van der Waals surface area contributed by atoms with E-state index in [-0.39, 0.29) is 48.1 Å². The minimum absolute atomic E-state index is 0.0280. The van der Waals surface area contributed by atoms with E-state index in [0.29, 0.717) is 19.6 Å². The van der Waals surface area contributed by atoms with Crippen molar-refractivity contribution in [2.24, 2.45) is 0 Å². The van der Waals surface area contributed by atoms with Gasteiger partial charge in [-0.25, -0.2) is 8.42 Å². The molecule has 1 aliphatic heterocycles. The summed E-state index contributed by atoms with van der Waals surface area (Å²) in [4.78, 5) is 27.2. The molecule has 0 radical (unpaired) electrons. The number of hydrogen-bond donors (Lipinski definition) is 1. The molecule has 4 rings (SSSR count). The normalized spacial score (nSPS) is 18.7. The Morgan fingerprint density at radius 3 is 2.03 bits per heavy atom. The fourth-order valence-electron chi connectivity index (χ4n) is 5.24. The second kappa shape index (κ2) is 11.4. The fraction of sp³-hybridized carbons (Fsp3) is 0.481. The van der Waals surface area contributed by atoms with Crippen molar-refractivity contribution in [3.63, 3.8) is 0 Å². The molecule has 7 nitrogen and oxygen atoms in total. The van der Waals surface area contributed by atoms with E-state index >= 15 is 0 Å². The van der Waals surface area contributed by atoms with E-state index < -0.39 is 10.0 Å². The standard InChI is InChI=1S/C27H35N3O4S/c31-25(28-22-27(16-8-3-9-17-27)23-10-4-1-5-11-23)14-15-26(32)29-18-20-30(21-19-29)35(33,34)24-12-6-2-7-13-24/h1-2,4-7,10-13H,3,8-9,14-22H2,(H,28,31). The molecule has 35 heavy (non-hydrogen) atoms. The van der Waals surface area contributed by atoms with E-state index in [1.54, 1.807) is 35.2 Å². The van der Waals surface area contributed by atoms with Gasteiger partial charge in [0.15, 0.2) is 0 Å². The number of carbonyl (C=O) groups is 2. The molecule has 1 heterocycles. The van der Waals surface area contributed by atoms with Crippen molar-refractivity contribution in [2.75, 3.05) is 32.7 Å². The summed E-state index contributed by atoms with van der Waals surface area (Å²) in [7, 11) is -3.55. The average Bonchev–Trinajstić information content (AvgIpc) is 2.92. The summed E-state index contributed by atoms with van der Waals surface area (Å²) in [5.74, 6) is -0.211. The monoisotopic (exact) mass is 497 g/mol. The van der Waals surface area contributed by atoms with Gasteiger partial charge < -0.3 is 10.2 Å². The van der Waals surface area contributed by atoms with Crippen LogP contribution in [0.25, 0.3) is 0 Å². The SMILES string of the molecule is O=C(CCC(=O)N1CCN(S(=O)(=O)c2ccccc2)CC1)NCC1(c2ccccc2)CCCCC1. The van der Waals surface area contributed by atoms with Gasteiger partial charge in [-0.05, 0) is 30.5 Å². The molecule has 1 aliphatic carbocycles. The molecule has 2 aliphatic rings. The van der Waals surface area contributed by atoms with Crippen molar-refractivity contribution in [1.82, 2.24) is 14.5 Å². The lowest BCUT2D eigenvalue weighted by Crippen LogP contribution is -2.50. The zero-order valence-electron chi connectivity index (χ0n) is 20.2. The molecule has 2 aromatic carbocycles. The van der Waals surface area contributed by atoms with Crippen LogP contribution in [0.4, 0.5) is 0 Å². The van der Waals surface area contributed by atoms with E-state index in [4.69, 9.17) is 0 Å². The van der Waals surface area contributed by atoms with Gasteiger partial charge in [-0.1, -0.05) is 67.8 Å². The van der Waals surface area contributed by atoms with Gasteiger partial charge in [0.05, 0.1) is 4.90 Å². The molecule has 2 aromatic rings. The second-order valence-corrected chi connectivity index (χ2v) is 11.5. The van der Waals surface area contributed by atoms with Crippen LogP contribution in [-0.4, -0.2) is 62.2 Å². The van der Waals surface area contributed by atoms with Crippen LogP contribution in [0.5, 0.6) is 0 Å². The second-order valence-electron chi connectivity index (χ2n) is 9.58. The number of nitrogens with one attached hydrogen (secondary N) is 1. The quantitative estimate of drug-likeness (QED) is 0.606. The molecular formula is C27H35N3O4S. The number of sulfonamides is 1. The van der Waals surface area contributed by atoms with Crippen LogP contribution in [0.2, 0.25) is 0 Å². The summed E-state index contributed by atoms with van der Waals surface area (Å²) in [6.45, 7) is 1.79. The van der Waals surface area contributed by atoms with Crippen LogP contribution in [0.3, 0.4) is 0 Å². The maximum absolute atomic E-state index is 12.8. The smallest absolute Gasteiger partial charge is 0.243 e. The Morgan fingerprint density at radius 2 is 1.40 bits per heavy atom. The van der Waals surface area contributed by atoms with Gasteiger partial charge in [0.25, 0.3) is 0 Å². The maximum atomic E-state index is 12.8. The number of benzene rings is 2. The summed E-state index contributed by atoms with van der Waals surface area (Å²) in [6, 6.07) is 18.8. The van der Waals surface area contributed by atoms with Crippen molar-refractivity contribution in [2.45, 2.75) is 55.3 Å². The number of nitrogens with zero attached hydrogens (tertiary/aromatic N) is 2. The van der Waals surface area contributed by atoms with E-state index in [0.717, 1.165) is 25.7 Å². The lowest BCUT2D eigenvalue weighted by Gasteiger charge is -2.38. The van der Waals surface area contributed by atoms with Crippen molar-refractivity contribution < 1.29 is 18.0 Å². The van der Waals surface area contributed by atoms with Crippen molar-refractivity contribution in [3.8, 4) is 0 Å². The molecular weight excluding hydrogens is 462 g/mol. The molecule has 8 heteroatoms. The predicted molar refractivity (Wildman–Crippen MR) is 135 cm³/mol. The first-order valence-corrected chi connectivity index (χ1v) is 14.0. The first kappa shape index (κ1) is 25.4. The molecule has 1 N–H and O–H groups in total. The molecule has 0 unspecified atom stereocenters. The highest BCUT2D eigenvalue weighted by Crippen LogP contribution is 2.38. The summed E-state index contributed by atoms with van der Waals surface area (Å²) in [5, 5.41) is 3.10. The molecule has 2 amide bonds. The Bertz CT molecular complexity index is 1090. The number of amides is 2. The Balaban J connectivity index is 1.24. The predicted octanol–water partition coefficient (Wildman–Crippen LogP) is 3.32. The molecule has 0 bridgehead atoms. The molecule has 0 aromatic heterocycles. The number of rotatable bonds is 8. The van der Waals surface area contributed by atoms with Gasteiger partial charge in [-0.15, -0.1) is 0 Å². The van der Waals surface area contributed by atoms with Crippen LogP contribution in [0.1, 0.15) is 50.5 Å². The van der Waals surface area contributed by atoms with Crippen molar-refractivity contribution in [1.29, 1.82) is 0 Å². The number of carbonyl (C=O) groups excluding carboxylic acids is 2. The zero-order chi connectivity index (χ0) is 24.7. The van der Waals surface area contributed by atoms with Crippen LogP contribution >= 0.6 is 0 Å². The van der Waals surface area contributed by atoms with E-state index in [1.165, 1.54) is 16.3 Å². The highest BCUT2D eigenvalue weighted by molar-refractivity contribution is 7.89. The van der Waals surface area contributed by atoms with E-state index in [2.05, 4.69) is 29.6 Å². The molecule has 1 saturated heterocycles. The van der Waals surface area contributed by atoms with Crippen molar-refractivity contribution >= 4 is 21.8 Å². The number of piperazine rings is 1. The third-order valence-electron chi connectivity index (χ3n) is 7.36. The van der Waals surface area contributed by atoms with Gasteiger partial charge in [-0.2, -0.15) is 4.31 Å². The first-order valence-electron chi connectivity index (χ1n) is 12.6. The molecule has 1 saturated carbocycles. The van der Waals surface area contributed by atoms with E-state index in [1.807, 2.05) is 6.07 Å². The molecule has 0 spiro atoms. The molecule has 2 fully saturated rings. The van der Waals surface area contributed by atoms with E-state index in [9.17, 15) is 18.0 Å². The third-order valence-corrected chi connectivity index (χ3v) is 9.27. The van der Waals surface area contributed by atoms with Gasteiger partial charge in [-0.3, -0.25) is 9.59 Å². The maximum Gasteiger partial charge on any atom is 0.243 e. The van der Waals surface area contributed by atoms with Gasteiger partial charge in [0.1, 0.15) is 0 Å². The van der Waals surface area contributed by atoms with Crippen molar-refractivity contribution in [3.05, 3.63) is 66.2 Å². The minimum atomic E-state index is -3.55. The third kappa shape index (κ3) is 6.11. The van der Waals surface area contributed by atoms with Gasteiger partial charge in [0.2, 0.25) is 21.8 Å². The Labute approximate surface area is 208 Å².